The third kappa shape index (κ3) is 3.71. The molecule has 0 saturated heterocycles. The maximum absolute atomic E-state index is 12.1. The summed E-state index contributed by atoms with van der Waals surface area (Å²) in [5.41, 5.74) is 0.750. The Morgan fingerprint density at radius 2 is 1.76 bits per heavy atom. The fraction of sp³-hybridized carbons (Fsp3) is 0.188. The van der Waals surface area contributed by atoms with E-state index < -0.39 is 0 Å². The Labute approximate surface area is 141 Å². The predicted molar refractivity (Wildman–Crippen MR) is 91.6 cm³/mol. The van der Waals surface area contributed by atoms with Crippen LogP contribution in [0.4, 0.5) is 0 Å². The number of carbonyl (C=O) groups is 1. The maximum Gasteiger partial charge on any atom is 0.173 e. The van der Waals surface area contributed by atoms with E-state index in [-0.39, 0.29) is 5.78 Å². The molecule has 0 fully saturated rings. The molecule has 21 heavy (non-hydrogen) atoms. The molecule has 3 rings (SSSR count). The fourth-order valence-electron chi connectivity index (χ4n) is 1.98. The summed E-state index contributed by atoms with van der Waals surface area (Å²) in [7, 11) is 0. The standard InChI is InChI=1S/C16H13IO3S/c17-12-3-1-11(2-4-12)14(18)10-21-13-5-6-15-16(9-13)20-8-7-19-15/h1-6,9H,7-8,10H2. The van der Waals surface area contributed by atoms with E-state index in [0.717, 1.165) is 25.5 Å². The van der Waals surface area contributed by atoms with E-state index in [1.54, 1.807) is 0 Å². The van der Waals surface area contributed by atoms with E-state index in [1.807, 2.05) is 42.5 Å². The van der Waals surface area contributed by atoms with Gasteiger partial charge in [0, 0.05) is 14.0 Å². The summed E-state index contributed by atoms with van der Waals surface area (Å²) in [5, 5.41) is 0. The van der Waals surface area contributed by atoms with Gasteiger partial charge >= 0.3 is 0 Å². The first-order chi connectivity index (χ1) is 10.2. The Kier molecular flexibility index (Phi) is 4.70. The molecular weight excluding hydrogens is 399 g/mol. The molecule has 2 aromatic rings. The van der Waals surface area contributed by atoms with Crippen molar-refractivity contribution < 1.29 is 14.3 Å². The second-order valence-electron chi connectivity index (χ2n) is 4.52. The van der Waals surface area contributed by atoms with Crippen molar-refractivity contribution in [2.24, 2.45) is 0 Å². The zero-order chi connectivity index (χ0) is 14.7. The van der Waals surface area contributed by atoms with Crippen LogP contribution >= 0.6 is 34.4 Å². The Morgan fingerprint density at radius 3 is 2.52 bits per heavy atom. The van der Waals surface area contributed by atoms with Gasteiger partial charge in [0.25, 0.3) is 0 Å². The number of benzene rings is 2. The number of carbonyl (C=O) groups excluding carboxylic acids is 1. The fourth-order valence-corrected chi connectivity index (χ4v) is 3.16. The van der Waals surface area contributed by atoms with Crippen LogP contribution in [-0.4, -0.2) is 24.7 Å². The molecule has 0 bridgehead atoms. The van der Waals surface area contributed by atoms with Crippen LogP contribution in [0.2, 0.25) is 0 Å². The van der Waals surface area contributed by atoms with Gasteiger partial charge in [-0.2, -0.15) is 0 Å². The van der Waals surface area contributed by atoms with Crippen molar-refractivity contribution in [1.29, 1.82) is 0 Å². The highest BCUT2D eigenvalue weighted by Gasteiger charge is 2.13. The molecule has 108 valence electrons. The van der Waals surface area contributed by atoms with Gasteiger partial charge in [0.05, 0.1) is 5.75 Å². The first-order valence-corrected chi connectivity index (χ1v) is 8.60. The molecule has 0 radical (unpaired) electrons. The zero-order valence-electron chi connectivity index (χ0n) is 11.2. The number of Topliss-reactive ketones (excluding diaryl/α,β-unsaturated/α-hetero) is 1. The number of ether oxygens (including phenoxy) is 2. The lowest BCUT2D eigenvalue weighted by molar-refractivity contribution is 0.102. The molecule has 0 atom stereocenters. The smallest absolute Gasteiger partial charge is 0.173 e. The van der Waals surface area contributed by atoms with Gasteiger partial charge in [-0.05, 0) is 52.9 Å². The largest absolute Gasteiger partial charge is 0.486 e. The number of halogens is 1. The molecule has 0 aliphatic carbocycles. The van der Waals surface area contributed by atoms with Crippen molar-refractivity contribution >= 4 is 40.1 Å². The first-order valence-electron chi connectivity index (χ1n) is 6.53. The molecule has 1 aliphatic rings. The van der Waals surface area contributed by atoms with Crippen LogP contribution in [0.5, 0.6) is 11.5 Å². The number of thioether (sulfide) groups is 1. The molecule has 0 saturated carbocycles. The predicted octanol–water partition coefficient (Wildman–Crippen LogP) is 4.04. The highest BCUT2D eigenvalue weighted by atomic mass is 127. The third-order valence-electron chi connectivity index (χ3n) is 3.05. The lowest BCUT2D eigenvalue weighted by atomic mass is 10.2. The summed E-state index contributed by atoms with van der Waals surface area (Å²) >= 11 is 3.74. The summed E-state index contributed by atoms with van der Waals surface area (Å²) in [6.07, 6.45) is 0. The van der Waals surface area contributed by atoms with Gasteiger partial charge in [0.1, 0.15) is 13.2 Å². The molecule has 2 aromatic carbocycles. The Bertz CT molecular complexity index is 655. The van der Waals surface area contributed by atoms with Gasteiger partial charge < -0.3 is 9.47 Å². The van der Waals surface area contributed by atoms with Crippen molar-refractivity contribution in [3.8, 4) is 11.5 Å². The van der Waals surface area contributed by atoms with Crippen molar-refractivity contribution in [3.63, 3.8) is 0 Å². The van der Waals surface area contributed by atoms with Gasteiger partial charge in [0.15, 0.2) is 17.3 Å². The second kappa shape index (κ2) is 6.70. The highest BCUT2D eigenvalue weighted by molar-refractivity contribution is 14.1. The van der Waals surface area contributed by atoms with Crippen molar-refractivity contribution in [2.75, 3.05) is 19.0 Å². The topological polar surface area (TPSA) is 35.5 Å². The monoisotopic (exact) mass is 412 g/mol. The van der Waals surface area contributed by atoms with E-state index in [1.165, 1.54) is 11.8 Å². The SMILES string of the molecule is O=C(CSc1ccc2c(c1)OCCO2)c1ccc(I)cc1. The molecule has 0 aromatic heterocycles. The van der Waals surface area contributed by atoms with E-state index >= 15 is 0 Å². The molecule has 0 amide bonds. The summed E-state index contributed by atoms with van der Waals surface area (Å²) in [6.45, 7) is 1.16. The number of fused-ring (bicyclic) bond motifs is 1. The van der Waals surface area contributed by atoms with Gasteiger partial charge in [-0.25, -0.2) is 0 Å². The molecule has 0 unspecified atom stereocenters. The first kappa shape index (κ1) is 14.7. The number of hydrogen-bond donors (Lipinski definition) is 0. The molecule has 0 N–H and O–H groups in total. The van der Waals surface area contributed by atoms with Crippen LogP contribution < -0.4 is 9.47 Å². The van der Waals surface area contributed by atoms with Gasteiger partial charge in [0.2, 0.25) is 0 Å². The molecule has 3 nitrogen and oxygen atoms in total. The Hall–Kier alpha value is -1.21. The van der Waals surface area contributed by atoms with Crippen molar-refractivity contribution in [3.05, 3.63) is 51.6 Å². The molecule has 5 heteroatoms. The van der Waals surface area contributed by atoms with Crippen LogP contribution in [0.1, 0.15) is 10.4 Å². The lowest BCUT2D eigenvalue weighted by Gasteiger charge is -2.18. The van der Waals surface area contributed by atoms with Gasteiger partial charge in [-0.15, -0.1) is 11.8 Å². The maximum atomic E-state index is 12.1. The Balaban J connectivity index is 1.64. The average Bonchev–Trinajstić information content (AvgIpc) is 2.53. The second-order valence-corrected chi connectivity index (χ2v) is 6.82. The summed E-state index contributed by atoms with van der Waals surface area (Å²) < 4.78 is 12.2. The third-order valence-corrected chi connectivity index (χ3v) is 4.76. The minimum atomic E-state index is 0.131. The van der Waals surface area contributed by atoms with Crippen LogP contribution in [0.25, 0.3) is 0 Å². The van der Waals surface area contributed by atoms with Crippen LogP contribution in [0, 0.1) is 3.57 Å². The van der Waals surface area contributed by atoms with Gasteiger partial charge in [-0.1, -0.05) is 12.1 Å². The average molecular weight is 412 g/mol. The van der Waals surface area contributed by atoms with E-state index in [4.69, 9.17) is 9.47 Å². The normalized spacial score (nSPS) is 13.0. The Morgan fingerprint density at radius 1 is 1.05 bits per heavy atom. The molecule has 1 aliphatic heterocycles. The molecule has 0 spiro atoms. The van der Waals surface area contributed by atoms with E-state index in [9.17, 15) is 4.79 Å². The lowest BCUT2D eigenvalue weighted by Crippen LogP contribution is -2.15. The van der Waals surface area contributed by atoms with E-state index in [0.29, 0.717) is 19.0 Å². The molecular formula is C16H13IO3S. The summed E-state index contributed by atoms with van der Waals surface area (Å²) in [4.78, 5) is 13.2. The molecule has 1 heterocycles. The minimum Gasteiger partial charge on any atom is -0.486 e. The summed E-state index contributed by atoms with van der Waals surface area (Å²) in [6, 6.07) is 13.4. The number of ketones is 1. The minimum absolute atomic E-state index is 0.131. The van der Waals surface area contributed by atoms with Crippen molar-refractivity contribution in [2.45, 2.75) is 4.90 Å². The highest BCUT2D eigenvalue weighted by Crippen LogP contribution is 2.34. The van der Waals surface area contributed by atoms with Crippen LogP contribution in [-0.2, 0) is 0 Å². The van der Waals surface area contributed by atoms with Crippen LogP contribution in [0.3, 0.4) is 0 Å². The quantitative estimate of drug-likeness (QED) is 0.432. The number of rotatable bonds is 4. The summed E-state index contributed by atoms with van der Waals surface area (Å²) in [5.74, 6) is 2.08. The van der Waals surface area contributed by atoms with Gasteiger partial charge in [-0.3, -0.25) is 4.79 Å². The number of hydrogen-bond acceptors (Lipinski definition) is 4. The zero-order valence-corrected chi connectivity index (χ0v) is 14.1. The van der Waals surface area contributed by atoms with E-state index in [2.05, 4.69) is 22.6 Å². The van der Waals surface area contributed by atoms with Crippen LogP contribution in [0.15, 0.2) is 47.4 Å². The van der Waals surface area contributed by atoms with Crippen molar-refractivity contribution in [1.82, 2.24) is 0 Å².